The molecule has 1 aliphatic heterocycles. The number of pyridine rings is 1. The zero-order valence-electron chi connectivity index (χ0n) is 13.8. The molecular weight excluding hydrogens is 294 g/mol. The number of rotatable bonds is 5. The molecule has 7 nitrogen and oxygen atoms in total. The summed E-state index contributed by atoms with van der Waals surface area (Å²) in [5.41, 5.74) is 7.29. The summed E-state index contributed by atoms with van der Waals surface area (Å²) in [6.45, 7) is 6.81. The average molecular weight is 319 g/mol. The van der Waals surface area contributed by atoms with Gasteiger partial charge >= 0.3 is 0 Å². The molecule has 0 aliphatic carbocycles. The van der Waals surface area contributed by atoms with Crippen LogP contribution in [0.5, 0.6) is 0 Å². The van der Waals surface area contributed by atoms with Gasteiger partial charge in [0, 0.05) is 12.2 Å². The van der Waals surface area contributed by atoms with Gasteiger partial charge in [-0.2, -0.15) is 0 Å². The van der Waals surface area contributed by atoms with Gasteiger partial charge in [0.05, 0.1) is 6.04 Å². The standard InChI is InChI=1S/C16H25N5O2/c1-9-6-13(18-7-9)16(23)21-11(3)15(22)19-8-12-4-5-14(17)20-10(12)2/h4-5,9,11,13,18H,6-8H2,1-3H3,(H2,17,20)(H,19,22)(H,21,23)/t9-,11+,13-/m1/s1. The average Bonchev–Trinajstić information content (AvgIpc) is 2.92. The predicted molar refractivity (Wildman–Crippen MR) is 88.4 cm³/mol. The fourth-order valence-electron chi connectivity index (χ4n) is 2.62. The van der Waals surface area contributed by atoms with Crippen molar-refractivity contribution in [3.63, 3.8) is 0 Å². The highest BCUT2D eigenvalue weighted by atomic mass is 16.2. The lowest BCUT2D eigenvalue weighted by molar-refractivity contribution is -0.129. The number of hydrogen-bond acceptors (Lipinski definition) is 5. The Kier molecular flexibility index (Phi) is 5.54. The summed E-state index contributed by atoms with van der Waals surface area (Å²) in [4.78, 5) is 28.4. The summed E-state index contributed by atoms with van der Waals surface area (Å²) >= 11 is 0. The Bertz CT molecular complexity index is 590. The quantitative estimate of drug-likeness (QED) is 0.615. The van der Waals surface area contributed by atoms with Gasteiger partial charge in [-0.25, -0.2) is 4.98 Å². The molecule has 0 aromatic carbocycles. The Balaban J connectivity index is 1.81. The van der Waals surface area contributed by atoms with Crippen molar-refractivity contribution in [2.75, 3.05) is 12.3 Å². The van der Waals surface area contributed by atoms with Gasteiger partial charge in [-0.3, -0.25) is 9.59 Å². The summed E-state index contributed by atoms with van der Waals surface area (Å²) in [7, 11) is 0. The molecule has 0 unspecified atom stereocenters. The van der Waals surface area contributed by atoms with Gasteiger partial charge in [-0.1, -0.05) is 13.0 Å². The first-order valence-electron chi connectivity index (χ1n) is 7.90. The van der Waals surface area contributed by atoms with E-state index in [9.17, 15) is 9.59 Å². The first-order chi connectivity index (χ1) is 10.9. The van der Waals surface area contributed by atoms with Gasteiger partial charge < -0.3 is 21.7 Å². The lowest BCUT2D eigenvalue weighted by Gasteiger charge is -2.17. The summed E-state index contributed by atoms with van der Waals surface area (Å²) in [5, 5.41) is 8.72. The zero-order valence-corrected chi connectivity index (χ0v) is 13.8. The van der Waals surface area contributed by atoms with E-state index in [2.05, 4.69) is 27.9 Å². The SMILES string of the molecule is Cc1nc(N)ccc1CNC(=O)[C@H](C)NC(=O)[C@H]1C[C@@H](C)CN1. The third-order valence-corrected chi connectivity index (χ3v) is 4.09. The van der Waals surface area contributed by atoms with Gasteiger partial charge in [-0.05, 0) is 44.4 Å². The summed E-state index contributed by atoms with van der Waals surface area (Å²) in [6, 6.07) is 2.75. The van der Waals surface area contributed by atoms with Crippen LogP contribution in [0.1, 0.15) is 31.5 Å². The fraction of sp³-hybridized carbons (Fsp3) is 0.562. The topological polar surface area (TPSA) is 109 Å². The molecule has 5 N–H and O–H groups in total. The second-order valence-electron chi connectivity index (χ2n) is 6.23. The van der Waals surface area contributed by atoms with Crippen molar-refractivity contribution in [2.24, 2.45) is 5.92 Å². The monoisotopic (exact) mass is 319 g/mol. The van der Waals surface area contributed by atoms with E-state index >= 15 is 0 Å². The highest BCUT2D eigenvalue weighted by Crippen LogP contribution is 2.12. The molecule has 2 rings (SSSR count). The second-order valence-corrected chi connectivity index (χ2v) is 6.23. The zero-order chi connectivity index (χ0) is 17.0. The Morgan fingerprint density at radius 1 is 1.48 bits per heavy atom. The molecule has 3 atom stereocenters. The molecule has 0 radical (unpaired) electrons. The molecule has 1 aromatic heterocycles. The van der Waals surface area contributed by atoms with Crippen molar-refractivity contribution >= 4 is 17.6 Å². The van der Waals surface area contributed by atoms with E-state index in [0.717, 1.165) is 24.2 Å². The normalized spacial score (nSPS) is 21.7. The van der Waals surface area contributed by atoms with Crippen LogP contribution in [-0.4, -0.2) is 35.4 Å². The number of nitrogens with one attached hydrogen (secondary N) is 3. The molecule has 0 saturated carbocycles. The Labute approximate surface area is 136 Å². The molecule has 7 heteroatoms. The summed E-state index contributed by atoms with van der Waals surface area (Å²) in [5.74, 6) is 0.593. The predicted octanol–water partition coefficient (Wildman–Crippen LogP) is 0.0911. The number of nitrogens with two attached hydrogens (primary N) is 1. The van der Waals surface area contributed by atoms with Crippen LogP contribution in [0.15, 0.2) is 12.1 Å². The molecule has 23 heavy (non-hydrogen) atoms. The Morgan fingerprint density at radius 2 is 2.22 bits per heavy atom. The minimum Gasteiger partial charge on any atom is -0.384 e. The van der Waals surface area contributed by atoms with Crippen LogP contribution in [-0.2, 0) is 16.1 Å². The van der Waals surface area contributed by atoms with Crippen LogP contribution in [0.4, 0.5) is 5.82 Å². The maximum absolute atomic E-state index is 12.1. The molecular formula is C16H25N5O2. The van der Waals surface area contributed by atoms with Crippen LogP contribution < -0.4 is 21.7 Å². The van der Waals surface area contributed by atoms with E-state index in [-0.39, 0.29) is 17.9 Å². The van der Waals surface area contributed by atoms with Crippen LogP contribution in [0, 0.1) is 12.8 Å². The number of nitrogen functional groups attached to an aromatic ring is 1. The van der Waals surface area contributed by atoms with E-state index in [4.69, 9.17) is 5.73 Å². The Hall–Kier alpha value is -2.15. The molecule has 0 spiro atoms. The van der Waals surface area contributed by atoms with Crippen molar-refractivity contribution in [2.45, 2.75) is 45.8 Å². The highest BCUT2D eigenvalue weighted by molar-refractivity contribution is 5.89. The maximum Gasteiger partial charge on any atom is 0.242 e. The summed E-state index contributed by atoms with van der Waals surface area (Å²) < 4.78 is 0. The van der Waals surface area contributed by atoms with Crippen LogP contribution >= 0.6 is 0 Å². The van der Waals surface area contributed by atoms with Crippen LogP contribution in [0.3, 0.4) is 0 Å². The first kappa shape index (κ1) is 17.2. The van der Waals surface area contributed by atoms with Gasteiger partial charge in [0.1, 0.15) is 11.9 Å². The Morgan fingerprint density at radius 3 is 2.83 bits per heavy atom. The lowest BCUT2D eigenvalue weighted by Crippen LogP contribution is -2.50. The van der Waals surface area contributed by atoms with E-state index in [1.807, 2.05) is 13.0 Å². The van der Waals surface area contributed by atoms with Crippen LogP contribution in [0.25, 0.3) is 0 Å². The van der Waals surface area contributed by atoms with Crippen molar-refractivity contribution in [1.82, 2.24) is 20.9 Å². The third-order valence-electron chi connectivity index (χ3n) is 4.09. The van der Waals surface area contributed by atoms with Crippen molar-refractivity contribution < 1.29 is 9.59 Å². The van der Waals surface area contributed by atoms with Crippen LogP contribution in [0.2, 0.25) is 0 Å². The molecule has 1 aliphatic rings. The molecule has 2 heterocycles. The minimum absolute atomic E-state index is 0.123. The number of carbonyl (C=O) groups excluding carboxylic acids is 2. The molecule has 1 fully saturated rings. The number of aryl methyl sites for hydroxylation is 1. The van der Waals surface area contributed by atoms with E-state index < -0.39 is 6.04 Å². The third kappa shape index (κ3) is 4.66. The largest absolute Gasteiger partial charge is 0.384 e. The van der Waals surface area contributed by atoms with E-state index in [1.54, 1.807) is 13.0 Å². The maximum atomic E-state index is 12.1. The van der Waals surface area contributed by atoms with Crippen molar-refractivity contribution in [1.29, 1.82) is 0 Å². The number of carbonyl (C=O) groups is 2. The van der Waals surface area contributed by atoms with E-state index in [1.165, 1.54) is 0 Å². The smallest absolute Gasteiger partial charge is 0.242 e. The van der Waals surface area contributed by atoms with E-state index in [0.29, 0.717) is 18.3 Å². The molecule has 0 bridgehead atoms. The molecule has 1 aromatic rings. The van der Waals surface area contributed by atoms with Gasteiger partial charge in [0.25, 0.3) is 0 Å². The minimum atomic E-state index is -0.581. The van der Waals surface area contributed by atoms with Gasteiger partial charge in [0.15, 0.2) is 0 Å². The number of hydrogen-bond donors (Lipinski definition) is 4. The molecule has 126 valence electrons. The highest BCUT2D eigenvalue weighted by Gasteiger charge is 2.28. The number of nitrogens with zero attached hydrogens (tertiary/aromatic N) is 1. The second kappa shape index (κ2) is 7.41. The van der Waals surface area contributed by atoms with Gasteiger partial charge in [-0.15, -0.1) is 0 Å². The summed E-state index contributed by atoms with van der Waals surface area (Å²) in [6.07, 6.45) is 0.802. The first-order valence-corrected chi connectivity index (χ1v) is 7.90. The van der Waals surface area contributed by atoms with Crippen molar-refractivity contribution in [3.8, 4) is 0 Å². The fourth-order valence-corrected chi connectivity index (χ4v) is 2.62. The number of anilines is 1. The number of aromatic nitrogens is 1. The van der Waals surface area contributed by atoms with Crippen molar-refractivity contribution in [3.05, 3.63) is 23.4 Å². The molecule has 1 saturated heterocycles. The lowest BCUT2D eigenvalue weighted by atomic mass is 10.1. The van der Waals surface area contributed by atoms with Gasteiger partial charge in [0.2, 0.25) is 11.8 Å². The molecule has 2 amide bonds. The number of amides is 2.